The van der Waals surface area contributed by atoms with Crippen molar-refractivity contribution in [2.24, 2.45) is 0 Å². The first-order valence-corrected chi connectivity index (χ1v) is 5.85. The van der Waals surface area contributed by atoms with Gasteiger partial charge in [0.15, 0.2) is 0 Å². The lowest BCUT2D eigenvalue weighted by molar-refractivity contribution is -0.385. The third kappa shape index (κ3) is 2.82. The Bertz CT molecular complexity index is 473. The van der Waals surface area contributed by atoms with E-state index in [1.807, 2.05) is 0 Å². The number of nitro groups is 1. The van der Waals surface area contributed by atoms with Crippen molar-refractivity contribution in [3.8, 4) is 0 Å². The van der Waals surface area contributed by atoms with Crippen LogP contribution in [0.1, 0.15) is 30.4 Å². The Morgan fingerprint density at radius 3 is 2.59 bits per heavy atom. The van der Waals surface area contributed by atoms with Crippen molar-refractivity contribution in [2.75, 3.05) is 0 Å². The van der Waals surface area contributed by atoms with Gasteiger partial charge in [-0.05, 0) is 25.0 Å². The summed E-state index contributed by atoms with van der Waals surface area (Å²) >= 11 is 3.19. The van der Waals surface area contributed by atoms with Gasteiger partial charge in [-0.2, -0.15) is 0 Å². The van der Waals surface area contributed by atoms with Gasteiger partial charge in [-0.15, -0.1) is 0 Å². The van der Waals surface area contributed by atoms with E-state index in [1.165, 1.54) is 6.07 Å². The van der Waals surface area contributed by atoms with E-state index in [-0.39, 0.29) is 5.69 Å². The number of aryl methyl sites for hydroxylation is 1. The van der Waals surface area contributed by atoms with Crippen molar-refractivity contribution in [1.82, 2.24) is 0 Å². The maximum absolute atomic E-state index is 11.1. The van der Waals surface area contributed by atoms with E-state index >= 15 is 0 Å². The number of nitrogens with zero attached hydrogens (tertiary/aromatic N) is 1. The minimum absolute atomic E-state index is 0.0131. The van der Waals surface area contributed by atoms with Crippen molar-refractivity contribution < 1.29 is 14.8 Å². The summed E-state index contributed by atoms with van der Waals surface area (Å²) in [6, 6.07) is 2.92. The minimum atomic E-state index is -0.929. The molecule has 0 saturated heterocycles. The summed E-state index contributed by atoms with van der Waals surface area (Å²) in [6.45, 7) is 3.37. The van der Waals surface area contributed by atoms with E-state index in [0.717, 1.165) is 0 Å². The number of rotatable bonds is 4. The molecular formula is C11H12BrNO4. The first-order valence-electron chi connectivity index (χ1n) is 5.05. The number of aliphatic carboxylic acids is 1. The first kappa shape index (κ1) is 13.6. The summed E-state index contributed by atoms with van der Waals surface area (Å²) in [5.74, 6) is -1.58. The lowest BCUT2D eigenvalue weighted by Gasteiger charge is -2.13. The standard InChI is InChI=1S/C11H12BrNO4/c1-3-7(11(14)15)8-4-6(2)10(13(16)17)5-9(8)12/h4-5,7H,3H2,1-2H3,(H,14,15). The Morgan fingerprint density at radius 1 is 1.59 bits per heavy atom. The predicted molar refractivity (Wildman–Crippen MR) is 66.2 cm³/mol. The van der Waals surface area contributed by atoms with Gasteiger partial charge in [-0.1, -0.05) is 22.9 Å². The number of halogens is 1. The third-order valence-electron chi connectivity index (χ3n) is 2.59. The van der Waals surface area contributed by atoms with Crippen LogP contribution in [0.5, 0.6) is 0 Å². The lowest BCUT2D eigenvalue weighted by Crippen LogP contribution is -2.11. The molecule has 1 atom stereocenters. The van der Waals surface area contributed by atoms with Crippen LogP contribution >= 0.6 is 15.9 Å². The number of hydrogen-bond donors (Lipinski definition) is 1. The predicted octanol–water partition coefficient (Wildman–Crippen LogP) is 3.24. The second kappa shape index (κ2) is 5.27. The maximum atomic E-state index is 11.1. The van der Waals surface area contributed by atoms with Gasteiger partial charge in [0.05, 0.1) is 10.8 Å². The highest BCUT2D eigenvalue weighted by Crippen LogP contribution is 2.33. The molecule has 6 heteroatoms. The molecule has 0 aliphatic heterocycles. The molecule has 0 amide bonds. The van der Waals surface area contributed by atoms with Gasteiger partial charge in [0.25, 0.3) is 5.69 Å². The Kier molecular flexibility index (Phi) is 4.22. The topological polar surface area (TPSA) is 80.4 Å². The molecular weight excluding hydrogens is 290 g/mol. The molecule has 0 radical (unpaired) electrons. The van der Waals surface area contributed by atoms with Gasteiger partial charge >= 0.3 is 5.97 Å². The molecule has 1 rings (SSSR count). The maximum Gasteiger partial charge on any atom is 0.311 e. The molecule has 5 nitrogen and oxygen atoms in total. The van der Waals surface area contributed by atoms with E-state index in [4.69, 9.17) is 5.11 Å². The highest BCUT2D eigenvalue weighted by Gasteiger charge is 2.23. The summed E-state index contributed by atoms with van der Waals surface area (Å²) in [6.07, 6.45) is 0.436. The van der Waals surface area contributed by atoms with Crippen LogP contribution in [0.4, 0.5) is 5.69 Å². The Morgan fingerprint density at radius 2 is 2.18 bits per heavy atom. The normalized spacial score (nSPS) is 12.2. The second-order valence-electron chi connectivity index (χ2n) is 3.72. The second-order valence-corrected chi connectivity index (χ2v) is 4.57. The molecule has 1 aromatic rings. The lowest BCUT2D eigenvalue weighted by atomic mass is 9.95. The molecule has 1 aromatic carbocycles. The number of carbonyl (C=O) groups is 1. The van der Waals surface area contributed by atoms with Gasteiger partial charge in [0.2, 0.25) is 0 Å². The van der Waals surface area contributed by atoms with Crippen LogP contribution in [0.2, 0.25) is 0 Å². The zero-order valence-corrected chi connectivity index (χ0v) is 11.0. The average Bonchev–Trinajstić information content (AvgIpc) is 2.22. The molecule has 0 aliphatic carbocycles. The van der Waals surface area contributed by atoms with Crippen LogP contribution in [0, 0.1) is 17.0 Å². The van der Waals surface area contributed by atoms with Crippen LogP contribution in [0.15, 0.2) is 16.6 Å². The molecule has 92 valence electrons. The quantitative estimate of drug-likeness (QED) is 0.684. The molecule has 0 bridgehead atoms. The molecule has 0 aromatic heterocycles. The van der Waals surface area contributed by atoms with Crippen molar-refractivity contribution in [3.05, 3.63) is 37.8 Å². The molecule has 0 spiro atoms. The van der Waals surface area contributed by atoms with E-state index in [2.05, 4.69) is 15.9 Å². The zero-order chi connectivity index (χ0) is 13.2. The van der Waals surface area contributed by atoms with Crippen LogP contribution in [0.25, 0.3) is 0 Å². The highest BCUT2D eigenvalue weighted by atomic mass is 79.9. The number of nitro benzene ring substituents is 1. The number of hydrogen-bond acceptors (Lipinski definition) is 3. The third-order valence-corrected chi connectivity index (χ3v) is 3.28. The fraction of sp³-hybridized carbons (Fsp3) is 0.364. The fourth-order valence-electron chi connectivity index (χ4n) is 1.68. The van der Waals surface area contributed by atoms with Crippen LogP contribution in [-0.2, 0) is 4.79 Å². The van der Waals surface area contributed by atoms with E-state index in [0.29, 0.717) is 22.0 Å². The Labute approximate surface area is 107 Å². The van der Waals surface area contributed by atoms with Crippen LogP contribution < -0.4 is 0 Å². The summed E-state index contributed by atoms with van der Waals surface area (Å²) in [4.78, 5) is 21.3. The fourth-order valence-corrected chi connectivity index (χ4v) is 2.29. The van der Waals surface area contributed by atoms with Gasteiger partial charge in [-0.3, -0.25) is 14.9 Å². The molecule has 1 unspecified atom stereocenters. The molecule has 0 heterocycles. The van der Waals surface area contributed by atoms with Crippen molar-refractivity contribution in [2.45, 2.75) is 26.2 Å². The zero-order valence-electron chi connectivity index (χ0n) is 9.44. The molecule has 0 fully saturated rings. The van der Waals surface area contributed by atoms with Gasteiger partial charge in [0.1, 0.15) is 0 Å². The number of benzene rings is 1. The van der Waals surface area contributed by atoms with Crippen LogP contribution in [-0.4, -0.2) is 16.0 Å². The number of carboxylic acid groups (broad SMARTS) is 1. The molecule has 0 aliphatic rings. The molecule has 17 heavy (non-hydrogen) atoms. The summed E-state index contributed by atoms with van der Waals surface area (Å²) in [5, 5.41) is 19.8. The van der Waals surface area contributed by atoms with Crippen molar-refractivity contribution in [1.29, 1.82) is 0 Å². The largest absolute Gasteiger partial charge is 0.481 e. The summed E-state index contributed by atoms with van der Waals surface area (Å²) in [5.41, 5.74) is 1.02. The van der Waals surface area contributed by atoms with Gasteiger partial charge < -0.3 is 5.11 Å². The Balaban J connectivity index is 3.33. The van der Waals surface area contributed by atoms with Crippen molar-refractivity contribution in [3.63, 3.8) is 0 Å². The molecule has 1 N–H and O–H groups in total. The molecule has 0 saturated carbocycles. The van der Waals surface area contributed by atoms with E-state index < -0.39 is 16.8 Å². The van der Waals surface area contributed by atoms with Gasteiger partial charge in [-0.25, -0.2) is 0 Å². The van der Waals surface area contributed by atoms with Crippen LogP contribution in [0.3, 0.4) is 0 Å². The summed E-state index contributed by atoms with van der Waals surface area (Å²) < 4.78 is 0.462. The van der Waals surface area contributed by atoms with E-state index in [9.17, 15) is 14.9 Å². The van der Waals surface area contributed by atoms with E-state index in [1.54, 1.807) is 19.9 Å². The smallest absolute Gasteiger partial charge is 0.311 e. The average molecular weight is 302 g/mol. The van der Waals surface area contributed by atoms with Gasteiger partial charge in [0, 0.05) is 16.1 Å². The van der Waals surface area contributed by atoms with Crippen molar-refractivity contribution >= 4 is 27.6 Å². The minimum Gasteiger partial charge on any atom is -0.481 e. The number of carboxylic acids is 1. The Hall–Kier alpha value is -1.43. The first-order chi connectivity index (χ1) is 7.88. The SMILES string of the molecule is CCC(C(=O)O)c1cc(C)c([N+](=O)[O-])cc1Br. The highest BCUT2D eigenvalue weighted by molar-refractivity contribution is 9.10. The summed E-state index contributed by atoms with van der Waals surface area (Å²) in [7, 11) is 0. The monoisotopic (exact) mass is 301 g/mol.